The Kier molecular flexibility index (Phi) is 6.73. The third-order valence-corrected chi connectivity index (χ3v) is 8.27. The van der Waals surface area contributed by atoms with Gasteiger partial charge in [-0.2, -0.15) is 0 Å². The molecule has 0 spiro atoms. The quantitative estimate of drug-likeness (QED) is 0.636. The normalized spacial score (nSPS) is 22.5. The van der Waals surface area contributed by atoms with Gasteiger partial charge in [0.1, 0.15) is 12.4 Å². The molecule has 4 aliphatic heterocycles. The summed E-state index contributed by atoms with van der Waals surface area (Å²) < 4.78 is 11.9. The minimum atomic E-state index is 0.0462. The smallest absolute Gasteiger partial charge is 0.246 e. The van der Waals surface area contributed by atoms with E-state index in [9.17, 15) is 4.79 Å². The fraction of sp³-hybridized carbons (Fsp3) is 0.536. The molecule has 6 heterocycles. The predicted octanol–water partition coefficient (Wildman–Crippen LogP) is 3.22. The molecule has 4 aliphatic rings. The maximum absolute atomic E-state index is 12.0. The van der Waals surface area contributed by atoms with Crippen molar-refractivity contribution in [3.8, 4) is 5.75 Å². The van der Waals surface area contributed by atoms with Crippen LogP contribution in [0.15, 0.2) is 31.0 Å². The number of anilines is 3. The number of aryl methyl sites for hydroxylation is 1. The lowest BCUT2D eigenvalue weighted by Gasteiger charge is -2.36. The third-order valence-electron chi connectivity index (χ3n) is 8.27. The number of carbonyl (C=O) groups is 1. The van der Waals surface area contributed by atoms with Crippen molar-refractivity contribution in [2.75, 3.05) is 62.7 Å². The largest absolute Gasteiger partial charge is 0.485 e. The summed E-state index contributed by atoms with van der Waals surface area (Å²) in [6.07, 6.45) is 6.47. The number of amides is 1. The van der Waals surface area contributed by atoms with Gasteiger partial charge in [-0.1, -0.05) is 6.58 Å². The first-order valence-corrected chi connectivity index (χ1v) is 13.5. The molecule has 6 rings (SSSR count). The van der Waals surface area contributed by atoms with E-state index in [0.29, 0.717) is 18.6 Å². The van der Waals surface area contributed by atoms with Crippen LogP contribution in [0.1, 0.15) is 42.1 Å². The van der Waals surface area contributed by atoms with Crippen molar-refractivity contribution in [1.82, 2.24) is 19.8 Å². The van der Waals surface area contributed by atoms with Crippen LogP contribution in [0.25, 0.3) is 0 Å². The maximum atomic E-state index is 12.0. The van der Waals surface area contributed by atoms with E-state index in [4.69, 9.17) is 14.5 Å². The fourth-order valence-corrected chi connectivity index (χ4v) is 6.20. The number of hydrogen-bond donors (Lipinski definition) is 1. The molecule has 9 heteroatoms. The highest BCUT2D eigenvalue weighted by atomic mass is 16.5. The molecular formula is C28H36N6O3. The molecule has 0 aliphatic carbocycles. The average Bonchev–Trinajstić information content (AvgIpc) is 3.35. The summed E-state index contributed by atoms with van der Waals surface area (Å²) in [6.45, 7) is 13.0. The number of ether oxygens (including phenoxy) is 2. The standard InChI is InChI=1S/C28H36N6O3/c1-3-26(35)34-11-7-21(17-34)32-9-5-20(6-10-32)23-16-24-27(19(2)30-23)37-18-22-25(4-8-29-28(22)31-24)33-12-14-36-15-13-33/h3-4,8,16,20-21H,1,5-7,9-15,17-18H2,2H3,(H,29,31)/t21-/m0/s1. The minimum Gasteiger partial charge on any atom is -0.485 e. The molecule has 1 atom stereocenters. The van der Waals surface area contributed by atoms with Gasteiger partial charge in [-0.15, -0.1) is 0 Å². The van der Waals surface area contributed by atoms with Gasteiger partial charge < -0.3 is 24.6 Å². The second-order valence-electron chi connectivity index (χ2n) is 10.4. The summed E-state index contributed by atoms with van der Waals surface area (Å²) >= 11 is 0. The van der Waals surface area contributed by atoms with Crippen LogP contribution in [-0.4, -0.2) is 84.2 Å². The Bertz CT molecular complexity index is 1170. The number of aromatic nitrogens is 2. The number of morpholine rings is 1. The molecule has 0 aromatic carbocycles. The highest BCUT2D eigenvalue weighted by Crippen LogP contribution is 2.40. The molecular weight excluding hydrogens is 468 g/mol. The van der Waals surface area contributed by atoms with E-state index in [1.165, 1.54) is 6.08 Å². The molecule has 2 aromatic rings. The summed E-state index contributed by atoms with van der Waals surface area (Å²) in [5.41, 5.74) is 5.22. The van der Waals surface area contributed by atoms with Crippen molar-refractivity contribution in [3.05, 3.63) is 47.9 Å². The van der Waals surface area contributed by atoms with Crippen molar-refractivity contribution >= 4 is 23.1 Å². The molecule has 1 amide bonds. The second-order valence-corrected chi connectivity index (χ2v) is 10.4. The zero-order valence-corrected chi connectivity index (χ0v) is 21.6. The Labute approximate surface area is 218 Å². The van der Waals surface area contributed by atoms with Gasteiger partial charge in [0, 0.05) is 55.7 Å². The van der Waals surface area contributed by atoms with Gasteiger partial charge in [0.05, 0.1) is 30.2 Å². The van der Waals surface area contributed by atoms with Gasteiger partial charge >= 0.3 is 0 Å². The summed E-state index contributed by atoms with van der Waals surface area (Å²) in [4.78, 5) is 28.5. The Morgan fingerprint density at radius 1 is 1.16 bits per heavy atom. The van der Waals surface area contributed by atoms with E-state index in [-0.39, 0.29) is 5.91 Å². The van der Waals surface area contributed by atoms with Crippen LogP contribution in [0.4, 0.5) is 17.2 Å². The summed E-state index contributed by atoms with van der Waals surface area (Å²) in [5, 5.41) is 3.59. The lowest BCUT2D eigenvalue weighted by Crippen LogP contribution is -2.43. The van der Waals surface area contributed by atoms with Crippen molar-refractivity contribution < 1.29 is 14.3 Å². The van der Waals surface area contributed by atoms with Crippen LogP contribution in [0, 0.1) is 6.92 Å². The van der Waals surface area contributed by atoms with Crippen LogP contribution < -0.4 is 15.0 Å². The monoisotopic (exact) mass is 504 g/mol. The lowest BCUT2D eigenvalue weighted by atomic mass is 9.91. The van der Waals surface area contributed by atoms with Gasteiger partial charge in [0.25, 0.3) is 0 Å². The molecule has 9 nitrogen and oxygen atoms in total. The molecule has 0 unspecified atom stereocenters. The molecule has 0 radical (unpaired) electrons. The van der Waals surface area contributed by atoms with E-state index >= 15 is 0 Å². The fourth-order valence-electron chi connectivity index (χ4n) is 6.20. The molecule has 37 heavy (non-hydrogen) atoms. The summed E-state index contributed by atoms with van der Waals surface area (Å²) in [7, 11) is 0. The zero-order chi connectivity index (χ0) is 25.4. The average molecular weight is 505 g/mol. The van der Waals surface area contributed by atoms with Crippen LogP contribution >= 0.6 is 0 Å². The van der Waals surface area contributed by atoms with E-state index < -0.39 is 0 Å². The van der Waals surface area contributed by atoms with E-state index in [2.05, 4.69) is 38.8 Å². The number of hydrogen-bond acceptors (Lipinski definition) is 8. The van der Waals surface area contributed by atoms with Crippen molar-refractivity contribution in [2.24, 2.45) is 0 Å². The first kappa shape index (κ1) is 24.2. The van der Waals surface area contributed by atoms with Crippen LogP contribution in [-0.2, 0) is 16.1 Å². The van der Waals surface area contributed by atoms with Gasteiger partial charge in [0.15, 0.2) is 5.75 Å². The highest BCUT2D eigenvalue weighted by Gasteiger charge is 2.33. The summed E-state index contributed by atoms with van der Waals surface area (Å²) in [5.74, 6) is 2.12. The van der Waals surface area contributed by atoms with Crippen LogP contribution in [0.5, 0.6) is 5.75 Å². The first-order valence-electron chi connectivity index (χ1n) is 13.5. The highest BCUT2D eigenvalue weighted by molar-refractivity contribution is 5.87. The Morgan fingerprint density at radius 2 is 1.97 bits per heavy atom. The van der Waals surface area contributed by atoms with Gasteiger partial charge in [-0.25, -0.2) is 4.98 Å². The van der Waals surface area contributed by atoms with E-state index in [1.54, 1.807) is 0 Å². The second kappa shape index (κ2) is 10.3. The number of nitrogens with one attached hydrogen (secondary N) is 1. The number of pyridine rings is 2. The Hall–Kier alpha value is -3.17. The van der Waals surface area contributed by atoms with E-state index in [0.717, 1.165) is 112 Å². The SMILES string of the molecule is C=CC(=O)N1CC[C@H](N2CCC(c3cc4c(c(C)n3)OCc3c(N5CCOCC5)ccnc3N4)CC2)C1. The maximum Gasteiger partial charge on any atom is 0.246 e. The summed E-state index contributed by atoms with van der Waals surface area (Å²) in [6, 6.07) is 4.69. The van der Waals surface area contributed by atoms with Gasteiger partial charge in [-0.3, -0.25) is 14.7 Å². The number of rotatable bonds is 4. The molecule has 0 bridgehead atoms. The molecule has 196 valence electrons. The number of fused-ring (bicyclic) bond motifs is 2. The molecule has 2 aromatic heterocycles. The number of likely N-dealkylation sites (tertiary alicyclic amines) is 2. The predicted molar refractivity (Wildman–Crippen MR) is 143 cm³/mol. The topological polar surface area (TPSA) is 83.1 Å². The number of carbonyl (C=O) groups excluding carboxylic acids is 1. The molecule has 3 fully saturated rings. The Balaban J connectivity index is 1.16. The van der Waals surface area contributed by atoms with Crippen molar-refractivity contribution in [3.63, 3.8) is 0 Å². The van der Waals surface area contributed by atoms with Gasteiger partial charge in [-0.05, 0) is 57.5 Å². The minimum absolute atomic E-state index is 0.0462. The lowest BCUT2D eigenvalue weighted by molar-refractivity contribution is -0.125. The van der Waals surface area contributed by atoms with Crippen LogP contribution in [0.3, 0.4) is 0 Å². The van der Waals surface area contributed by atoms with E-state index in [1.807, 2.05) is 18.0 Å². The van der Waals surface area contributed by atoms with Crippen molar-refractivity contribution in [2.45, 2.75) is 44.8 Å². The number of nitrogens with zero attached hydrogens (tertiary/aromatic N) is 5. The first-order chi connectivity index (χ1) is 18.1. The molecule has 1 N–H and O–H groups in total. The molecule has 3 saturated heterocycles. The van der Waals surface area contributed by atoms with Crippen molar-refractivity contribution in [1.29, 1.82) is 0 Å². The van der Waals surface area contributed by atoms with Crippen LogP contribution in [0.2, 0.25) is 0 Å². The van der Waals surface area contributed by atoms with Gasteiger partial charge in [0.2, 0.25) is 5.91 Å². The Morgan fingerprint density at radius 3 is 2.76 bits per heavy atom. The molecule has 0 saturated carbocycles. The number of piperidine rings is 1. The zero-order valence-electron chi connectivity index (χ0n) is 21.6. The third kappa shape index (κ3) is 4.78.